The molecule has 8 heteroatoms. The minimum atomic E-state index is -1.23. The van der Waals surface area contributed by atoms with E-state index in [0.717, 1.165) is 22.6 Å². The van der Waals surface area contributed by atoms with Crippen LogP contribution in [0.5, 0.6) is 5.75 Å². The van der Waals surface area contributed by atoms with E-state index in [0.29, 0.717) is 17.0 Å². The molecule has 0 bridgehead atoms. The summed E-state index contributed by atoms with van der Waals surface area (Å²) in [4.78, 5) is 22.6. The number of carboxylic acids is 2. The number of halogens is 1. The van der Waals surface area contributed by atoms with Gasteiger partial charge >= 0.3 is 11.9 Å². The van der Waals surface area contributed by atoms with Gasteiger partial charge in [-0.3, -0.25) is 0 Å². The monoisotopic (exact) mass is 417 g/mol. The number of anilines is 1. The summed E-state index contributed by atoms with van der Waals surface area (Å²) in [6.45, 7) is -0.0370. The van der Waals surface area contributed by atoms with Crippen molar-refractivity contribution >= 4 is 40.6 Å². The highest BCUT2D eigenvalue weighted by Gasteiger charge is 2.24. The number of rotatable bonds is 8. The lowest BCUT2D eigenvalue weighted by atomic mass is 10.1. The van der Waals surface area contributed by atoms with Crippen LogP contribution in [0.4, 0.5) is 5.69 Å². The smallest absolute Gasteiger partial charge is 0.349 e. The number of hydrogen-bond acceptors (Lipinski definition) is 5. The third-order valence-electron chi connectivity index (χ3n) is 3.81. The van der Waals surface area contributed by atoms with Gasteiger partial charge in [-0.2, -0.15) is 0 Å². The molecule has 28 heavy (non-hydrogen) atoms. The fourth-order valence-corrected chi connectivity index (χ4v) is 3.96. The Hall–Kier alpha value is -3.03. The van der Waals surface area contributed by atoms with Crippen molar-refractivity contribution in [1.29, 1.82) is 0 Å². The van der Waals surface area contributed by atoms with Crippen LogP contribution in [0.1, 0.15) is 15.2 Å². The van der Waals surface area contributed by atoms with Crippen molar-refractivity contribution in [2.24, 2.45) is 0 Å². The lowest BCUT2D eigenvalue weighted by molar-refractivity contribution is -0.139. The van der Waals surface area contributed by atoms with Gasteiger partial charge in [0.05, 0.1) is 4.88 Å². The SMILES string of the molecule is O=C(O)COc1c(C(=O)O)sc(-c2cccc(NCc3ccccc3)c2)c1Cl. The van der Waals surface area contributed by atoms with Crippen LogP contribution in [0.2, 0.25) is 5.02 Å². The lowest BCUT2D eigenvalue weighted by Gasteiger charge is -2.08. The summed E-state index contributed by atoms with van der Waals surface area (Å²) in [7, 11) is 0. The van der Waals surface area contributed by atoms with E-state index in [1.54, 1.807) is 6.07 Å². The molecule has 0 radical (unpaired) electrons. The van der Waals surface area contributed by atoms with Crippen LogP contribution in [0.25, 0.3) is 10.4 Å². The summed E-state index contributed by atoms with van der Waals surface area (Å²) >= 11 is 7.27. The molecule has 6 nitrogen and oxygen atoms in total. The Morgan fingerprint density at radius 2 is 1.82 bits per heavy atom. The van der Waals surface area contributed by atoms with E-state index in [2.05, 4.69) is 5.32 Å². The highest BCUT2D eigenvalue weighted by molar-refractivity contribution is 7.18. The largest absolute Gasteiger partial charge is 0.479 e. The second kappa shape index (κ2) is 8.77. The van der Waals surface area contributed by atoms with Crippen LogP contribution in [0, 0.1) is 0 Å². The van der Waals surface area contributed by atoms with Crippen LogP contribution >= 0.6 is 22.9 Å². The average Bonchev–Trinajstić information content (AvgIpc) is 3.02. The molecule has 0 spiro atoms. The molecular formula is C20H16ClNO5S. The minimum absolute atomic E-state index is 0.0869. The normalized spacial score (nSPS) is 10.5. The van der Waals surface area contributed by atoms with Crippen molar-refractivity contribution in [2.45, 2.75) is 6.54 Å². The summed E-state index contributed by atoms with van der Waals surface area (Å²) in [5, 5.41) is 21.6. The number of aliphatic carboxylic acids is 1. The van der Waals surface area contributed by atoms with Gasteiger partial charge in [-0.15, -0.1) is 11.3 Å². The number of benzene rings is 2. The molecule has 3 N–H and O–H groups in total. The number of hydrogen-bond donors (Lipinski definition) is 3. The number of thiophene rings is 1. The molecule has 0 aliphatic carbocycles. The average molecular weight is 418 g/mol. The van der Waals surface area contributed by atoms with E-state index in [1.807, 2.05) is 48.5 Å². The summed E-state index contributed by atoms with van der Waals surface area (Å²) in [5.41, 5.74) is 2.68. The summed E-state index contributed by atoms with van der Waals surface area (Å²) in [5.74, 6) is -2.57. The molecule has 3 aromatic rings. The number of carbonyl (C=O) groups is 2. The molecule has 0 unspecified atom stereocenters. The van der Waals surface area contributed by atoms with Gasteiger partial charge in [0.2, 0.25) is 0 Å². The van der Waals surface area contributed by atoms with Gasteiger partial charge in [-0.25, -0.2) is 9.59 Å². The predicted molar refractivity (Wildman–Crippen MR) is 109 cm³/mol. The molecule has 1 heterocycles. The van der Waals surface area contributed by atoms with Crippen molar-refractivity contribution in [3.8, 4) is 16.2 Å². The van der Waals surface area contributed by atoms with Crippen molar-refractivity contribution in [2.75, 3.05) is 11.9 Å². The molecule has 3 rings (SSSR count). The summed E-state index contributed by atoms with van der Waals surface area (Å²) in [6, 6.07) is 17.3. The molecule has 0 aliphatic rings. The number of nitrogens with one attached hydrogen (secondary N) is 1. The Bertz CT molecular complexity index is 1000. The highest BCUT2D eigenvalue weighted by Crippen LogP contribution is 2.45. The van der Waals surface area contributed by atoms with Crippen LogP contribution in [0.3, 0.4) is 0 Å². The maximum absolute atomic E-state index is 11.5. The van der Waals surface area contributed by atoms with E-state index in [9.17, 15) is 14.7 Å². The van der Waals surface area contributed by atoms with Crippen molar-refractivity contribution in [1.82, 2.24) is 0 Å². The first-order valence-electron chi connectivity index (χ1n) is 8.24. The first-order chi connectivity index (χ1) is 13.5. The number of ether oxygens (including phenoxy) is 1. The Morgan fingerprint density at radius 3 is 2.50 bits per heavy atom. The zero-order valence-corrected chi connectivity index (χ0v) is 16.1. The Morgan fingerprint density at radius 1 is 1.07 bits per heavy atom. The van der Waals surface area contributed by atoms with Crippen LogP contribution in [-0.4, -0.2) is 28.8 Å². The van der Waals surface area contributed by atoms with Gasteiger partial charge < -0.3 is 20.3 Å². The predicted octanol–water partition coefficient (Wildman–Crippen LogP) is 4.84. The van der Waals surface area contributed by atoms with E-state index >= 15 is 0 Å². The summed E-state index contributed by atoms with van der Waals surface area (Å²) in [6.07, 6.45) is 0. The molecule has 0 aliphatic heterocycles. The van der Waals surface area contributed by atoms with Crippen molar-refractivity contribution in [3.63, 3.8) is 0 Å². The lowest BCUT2D eigenvalue weighted by Crippen LogP contribution is -2.10. The van der Waals surface area contributed by atoms with Gasteiger partial charge in [0, 0.05) is 12.2 Å². The zero-order valence-electron chi connectivity index (χ0n) is 14.5. The zero-order chi connectivity index (χ0) is 20.1. The van der Waals surface area contributed by atoms with Gasteiger partial charge in [0.15, 0.2) is 17.2 Å². The standard InChI is InChI=1S/C20H16ClNO5S/c21-16-17(27-11-15(23)24)19(20(25)26)28-18(16)13-7-4-8-14(9-13)22-10-12-5-2-1-3-6-12/h1-9,22H,10-11H2,(H,23,24)(H,25,26). The van der Waals surface area contributed by atoms with Crippen LogP contribution in [-0.2, 0) is 11.3 Å². The second-order valence-corrected chi connectivity index (χ2v) is 7.21. The molecule has 0 saturated carbocycles. The third-order valence-corrected chi connectivity index (χ3v) is 5.49. The van der Waals surface area contributed by atoms with Gasteiger partial charge in [0.25, 0.3) is 0 Å². The molecule has 2 aromatic carbocycles. The number of carboxylic acid groups (broad SMARTS) is 2. The number of aromatic carboxylic acids is 1. The minimum Gasteiger partial charge on any atom is -0.479 e. The van der Waals surface area contributed by atoms with E-state index < -0.39 is 18.5 Å². The quantitative estimate of drug-likeness (QED) is 0.485. The van der Waals surface area contributed by atoms with E-state index in [1.165, 1.54) is 0 Å². The third kappa shape index (κ3) is 4.62. The Balaban J connectivity index is 1.87. The van der Waals surface area contributed by atoms with Crippen LogP contribution in [0.15, 0.2) is 54.6 Å². The highest BCUT2D eigenvalue weighted by atomic mass is 35.5. The van der Waals surface area contributed by atoms with Gasteiger partial charge in [-0.1, -0.05) is 54.1 Å². The van der Waals surface area contributed by atoms with Gasteiger partial charge in [0.1, 0.15) is 5.02 Å². The molecule has 0 fully saturated rings. The van der Waals surface area contributed by atoms with E-state index in [4.69, 9.17) is 21.4 Å². The molecule has 0 amide bonds. The molecular weight excluding hydrogens is 402 g/mol. The molecule has 1 aromatic heterocycles. The Labute approximate surface area is 170 Å². The van der Waals surface area contributed by atoms with E-state index in [-0.39, 0.29) is 15.6 Å². The van der Waals surface area contributed by atoms with Gasteiger partial charge in [-0.05, 0) is 23.3 Å². The fourth-order valence-electron chi connectivity index (χ4n) is 2.56. The summed E-state index contributed by atoms with van der Waals surface area (Å²) < 4.78 is 5.11. The van der Waals surface area contributed by atoms with Crippen LogP contribution < -0.4 is 10.1 Å². The Kier molecular flexibility index (Phi) is 6.18. The van der Waals surface area contributed by atoms with Crippen molar-refractivity contribution < 1.29 is 24.5 Å². The first-order valence-corrected chi connectivity index (χ1v) is 9.43. The first kappa shape index (κ1) is 19.7. The molecule has 0 atom stereocenters. The topological polar surface area (TPSA) is 95.9 Å². The molecule has 144 valence electrons. The fraction of sp³-hybridized carbons (Fsp3) is 0.100. The molecule has 0 saturated heterocycles. The maximum Gasteiger partial charge on any atom is 0.349 e. The maximum atomic E-state index is 11.5. The van der Waals surface area contributed by atoms with Crippen molar-refractivity contribution in [3.05, 3.63) is 70.1 Å². The second-order valence-electron chi connectivity index (χ2n) is 5.81.